The predicted molar refractivity (Wildman–Crippen MR) is 228 cm³/mol. The second-order valence-electron chi connectivity index (χ2n) is 16.5. The molecule has 58 heavy (non-hydrogen) atoms. The molecule has 7 N–H and O–H groups in total. The van der Waals surface area contributed by atoms with Crippen molar-refractivity contribution >= 4 is 16.3 Å². The van der Waals surface area contributed by atoms with Crippen LogP contribution in [0.25, 0.3) is 0 Å². The second-order valence-corrected chi connectivity index (χ2v) is 17.5. The number of aliphatic hydroxyl groups is 5. The van der Waals surface area contributed by atoms with Crippen LogP contribution < -0.4 is 5.32 Å². The molecule has 1 rings (SSSR count). The van der Waals surface area contributed by atoms with Gasteiger partial charge in [0.2, 0.25) is 5.91 Å². The van der Waals surface area contributed by atoms with E-state index in [2.05, 4.69) is 35.5 Å². The number of nitrogens with one attached hydrogen (secondary N) is 1. The number of ether oxygens (including phenoxy) is 2. The second kappa shape index (κ2) is 35.4. The number of amides is 1. The average molecular weight is 852 g/mol. The van der Waals surface area contributed by atoms with Crippen LogP contribution in [0.3, 0.4) is 0 Å². The summed E-state index contributed by atoms with van der Waals surface area (Å²) in [5.41, 5.74) is 0. The van der Waals surface area contributed by atoms with Crippen LogP contribution in [0.1, 0.15) is 200 Å². The van der Waals surface area contributed by atoms with Gasteiger partial charge in [-0.1, -0.05) is 180 Å². The minimum atomic E-state index is -5.11. The molecular weight excluding hydrogens is 767 g/mol. The summed E-state index contributed by atoms with van der Waals surface area (Å²) in [4.78, 5) is 13.1. The van der Waals surface area contributed by atoms with E-state index in [0.29, 0.717) is 19.3 Å². The Hall–Kier alpha value is -1.20. The SMILES string of the molecule is CCCC/C=C\CCCCCCC(O)C(=O)NC(COC1OC(CO)C(O)C(OS(=O)(=O)O)C1O)C(O)CCCCCCCCCCCCCCCCCCCCC. The van der Waals surface area contributed by atoms with Crippen molar-refractivity contribution in [2.75, 3.05) is 13.2 Å². The maximum absolute atomic E-state index is 13.1. The van der Waals surface area contributed by atoms with Crippen LogP contribution in [-0.2, 0) is 28.9 Å². The molecule has 13 nitrogen and oxygen atoms in total. The third kappa shape index (κ3) is 27.6. The molecule has 8 unspecified atom stereocenters. The van der Waals surface area contributed by atoms with Gasteiger partial charge in [-0.25, -0.2) is 4.18 Å². The number of carbonyl (C=O) groups excluding carboxylic acids is 1. The van der Waals surface area contributed by atoms with Gasteiger partial charge in [0.15, 0.2) is 6.29 Å². The van der Waals surface area contributed by atoms with Crippen LogP contribution in [0.2, 0.25) is 0 Å². The molecule has 1 amide bonds. The van der Waals surface area contributed by atoms with Crippen LogP contribution >= 0.6 is 0 Å². The van der Waals surface area contributed by atoms with Crippen LogP contribution in [0.5, 0.6) is 0 Å². The summed E-state index contributed by atoms with van der Waals surface area (Å²) in [5, 5.41) is 55.2. The van der Waals surface area contributed by atoms with Crippen molar-refractivity contribution in [3.63, 3.8) is 0 Å². The molecule has 1 aliphatic rings. The van der Waals surface area contributed by atoms with Gasteiger partial charge in [-0.05, 0) is 32.1 Å². The molecule has 1 saturated heterocycles. The van der Waals surface area contributed by atoms with E-state index >= 15 is 0 Å². The lowest BCUT2D eigenvalue weighted by Gasteiger charge is -2.41. The minimum Gasteiger partial charge on any atom is -0.394 e. The van der Waals surface area contributed by atoms with Crippen molar-refractivity contribution in [3.05, 3.63) is 12.2 Å². The van der Waals surface area contributed by atoms with Crippen molar-refractivity contribution in [2.45, 2.75) is 249 Å². The molecule has 344 valence electrons. The number of allylic oxidation sites excluding steroid dienone is 2. The van der Waals surface area contributed by atoms with Gasteiger partial charge in [0.1, 0.15) is 30.5 Å². The molecule has 1 fully saturated rings. The Morgan fingerprint density at radius 1 is 0.672 bits per heavy atom. The zero-order chi connectivity index (χ0) is 42.9. The zero-order valence-corrected chi connectivity index (χ0v) is 37.1. The van der Waals surface area contributed by atoms with E-state index in [9.17, 15) is 43.3 Å². The van der Waals surface area contributed by atoms with Gasteiger partial charge < -0.3 is 40.3 Å². The fourth-order valence-corrected chi connectivity index (χ4v) is 7.96. The highest BCUT2D eigenvalue weighted by molar-refractivity contribution is 7.80. The Morgan fingerprint density at radius 3 is 1.60 bits per heavy atom. The molecular formula is C44H85NO12S. The average Bonchev–Trinajstić information content (AvgIpc) is 3.19. The van der Waals surface area contributed by atoms with Crippen molar-refractivity contribution < 1.29 is 57.0 Å². The summed E-state index contributed by atoms with van der Waals surface area (Å²) in [7, 11) is -5.11. The van der Waals surface area contributed by atoms with Gasteiger partial charge in [-0.15, -0.1) is 0 Å². The van der Waals surface area contributed by atoms with Gasteiger partial charge in [-0.2, -0.15) is 8.42 Å². The van der Waals surface area contributed by atoms with E-state index in [1.807, 2.05) is 0 Å². The first-order valence-electron chi connectivity index (χ1n) is 23.2. The Kier molecular flexibility index (Phi) is 33.5. The summed E-state index contributed by atoms with van der Waals surface area (Å²) >= 11 is 0. The molecule has 0 aromatic heterocycles. The highest BCUT2D eigenvalue weighted by atomic mass is 32.3. The number of hydrogen-bond donors (Lipinski definition) is 7. The van der Waals surface area contributed by atoms with Crippen LogP contribution in [0, 0.1) is 0 Å². The fraction of sp³-hybridized carbons (Fsp3) is 0.932. The zero-order valence-electron chi connectivity index (χ0n) is 36.2. The maximum Gasteiger partial charge on any atom is 0.397 e. The number of unbranched alkanes of at least 4 members (excludes halogenated alkanes) is 24. The summed E-state index contributed by atoms with van der Waals surface area (Å²) < 4.78 is 47.5. The van der Waals surface area contributed by atoms with Gasteiger partial charge >= 0.3 is 10.4 Å². The molecule has 0 bridgehead atoms. The first kappa shape index (κ1) is 54.8. The van der Waals surface area contributed by atoms with Crippen LogP contribution in [0.4, 0.5) is 0 Å². The first-order valence-corrected chi connectivity index (χ1v) is 24.5. The van der Waals surface area contributed by atoms with Gasteiger partial charge in [0.25, 0.3) is 0 Å². The smallest absolute Gasteiger partial charge is 0.394 e. The molecule has 0 aromatic rings. The molecule has 0 spiro atoms. The minimum absolute atomic E-state index is 0.246. The quantitative estimate of drug-likeness (QED) is 0.0180. The van der Waals surface area contributed by atoms with Crippen molar-refractivity contribution in [1.82, 2.24) is 5.32 Å². The number of hydrogen-bond acceptors (Lipinski definition) is 11. The van der Waals surface area contributed by atoms with Crippen LogP contribution in [0.15, 0.2) is 12.2 Å². The van der Waals surface area contributed by atoms with Crippen molar-refractivity contribution in [3.8, 4) is 0 Å². The molecule has 1 heterocycles. The third-order valence-corrected chi connectivity index (χ3v) is 11.6. The fourth-order valence-electron chi connectivity index (χ4n) is 7.45. The standard InChI is InChI=1S/C44H85NO12S/c1-3-5-7-9-11-13-15-16-17-18-19-20-21-22-23-25-26-28-30-32-37(47)36(45-43(51)38(48)33-31-29-27-24-14-12-10-8-6-4-2)35-55-44-41(50)42(57-58(52,53)54)40(49)39(34-46)56-44/h10,12,36-42,44,46-50H,3-9,11,13-35H2,1-2H3,(H,45,51)(H,52,53,54)/b12-10-. The highest BCUT2D eigenvalue weighted by Gasteiger charge is 2.48. The lowest BCUT2D eigenvalue weighted by Crippen LogP contribution is -2.61. The van der Waals surface area contributed by atoms with Crippen LogP contribution in [-0.4, -0.2) is 107 Å². The highest BCUT2D eigenvalue weighted by Crippen LogP contribution is 2.26. The van der Waals surface area contributed by atoms with E-state index < -0.39 is 78.5 Å². The van der Waals surface area contributed by atoms with Gasteiger partial charge in [0.05, 0.1) is 25.4 Å². The monoisotopic (exact) mass is 852 g/mol. The summed E-state index contributed by atoms with van der Waals surface area (Å²) in [6.45, 7) is 3.22. The Morgan fingerprint density at radius 2 is 1.12 bits per heavy atom. The number of aliphatic hydroxyl groups excluding tert-OH is 5. The van der Waals surface area contributed by atoms with Gasteiger partial charge in [0, 0.05) is 0 Å². The molecule has 14 heteroatoms. The molecule has 0 aliphatic carbocycles. The maximum atomic E-state index is 13.1. The van der Waals surface area contributed by atoms with Crippen molar-refractivity contribution in [2.24, 2.45) is 0 Å². The summed E-state index contributed by atoms with van der Waals surface area (Å²) in [6, 6.07) is -1.03. The van der Waals surface area contributed by atoms with Crippen molar-refractivity contribution in [1.29, 1.82) is 0 Å². The lowest BCUT2D eigenvalue weighted by atomic mass is 9.99. The van der Waals surface area contributed by atoms with E-state index in [-0.39, 0.29) is 6.42 Å². The molecule has 1 aliphatic heterocycles. The third-order valence-electron chi connectivity index (χ3n) is 11.2. The Bertz CT molecular complexity index is 1110. The molecule has 8 atom stereocenters. The lowest BCUT2D eigenvalue weighted by molar-refractivity contribution is -0.298. The number of rotatable bonds is 39. The normalized spacial score (nSPS) is 21.7. The molecule has 0 aromatic carbocycles. The Labute approximate surface area is 352 Å². The van der Waals surface area contributed by atoms with E-state index in [4.69, 9.17) is 9.47 Å². The summed E-state index contributed by atoms with van der Waals surface area (Å²) in [6.07, 6.45) is 25.5. The molecule has 0 radical (unpaired) electrons. The topological polar surface area (TPSA) is 212 Å². The largest absolute Gasteiger partial charge is 0.397 e. The predicted octanol–water partition coefficient (Wildman–Crippen LogP) is 7.75. The van der Waals surface area contributed by atoms with E-state index in [1.54, 1.807) is 0 Å². The van der Waals surface area contributed by atoms with Gasteiger partial charge in [-0.3, -0.25) is 9.35 Å². The van der Waals surface area contributed by atoms with E-state index in [0.717, 1.165) is 51.4 Å². The number of carbonyl (C=O) groups is 1. The first-order chi connectivity index (χ1) is 27.9. The summed E-state index contributed by atoms with van der Waals surface area (Å²) in [5.74, 6) is -0.680. The Balaban J connectivity index is 2.53. The van der Waals surface area contributed by atoms with E-state index in [1.165, 1.54) is 109 Å². The molecule has 0 saturated carbocycles.